The molecule has 2 saturated heterocycles. The number of rotatable bonds is 15. The molecule has 3 fully saturated rings. The van der Waals surface area contributed by atoms with Crippen LogP contribution in [0.1, 0.15) is 106 Å². The van der Waals surface area contributed by atoms with Gasteiger partial charge in [0.1, 0.15) is 12.1 Å². The summed E-state index contributed by atoms with van der Waals surface area (Å²) in [5.41, 5.74) is 1.26. The van der Waals surface area contributed by atoms with E-state index in [0.717, 1.165) is 36.8 Å². The van der Waals surface area contributed by atoms with Crippen molar-refractivity contribution in [1.82, 2.24) is 10.3 Å². The molecular weight excluding hydrogens is 499 g/mol. The first-order chi connectivity index (χ1) is 18.8. The molecule has 2 bridgehead atoms. The van der Waals surface area contributed by atoms with Gasteiger partial charge in [-0.2, -0.15) is 0 Å². The highest BCUT2D eigenvalue weighted by atomic mass is 19.1. The summed E-state index contributed by atoms with van der Waals surface area (Å²) in [5.74, 6) is -0.794. The molecule has 8 heteroatoms. The predicted molar refractivity (Wildman–Crippen MR) is 144 cm³/mol. The lowest BCUT2D eigenvalue weighted by Gasteiger charge is -2.21. The Hall–Kier alpha value is -2.74. The molecular formula is C31H41FN2O5. The molecule has 2 aromatic rings. The van der Waals surface area contributed by atoms with Crippen LogP contribution >= 0.6 is 0 Å². The van der Waals surface area contributed by atoms with Crippen LogP contribution in [0.4, 0.5) is 4.39 Å². The summed E-state index contributed by atoms with van der Waals surface area (Å²) in [5, 5.41) is 12.2. The van der Waals surface area contributed by atoms with Crippen molar-refractivity contribution < 1.29 is 28.2 Å². The number of aliphatic carboxylic acids is 1. The van der Waals surface area contributed by atoms with E-state index >= 15 is 0 Å². The van der Waals surface area contributed by atoms with Crippen molar-refractivity contribution in [2.24, 2.45) is 11.3 Å². The van der Waals surface area contributed by atoms with Gasteiger partial charge in [0.15, 0.2) is 5.69 Å². The number of unbranched alkanes of at least 4 members (excludes halogenated alkanes) is 6. The molecule has 7 nitrogen and oxygen atoms in total. The maximum atomic E-state index is 14.3. The lowest BCUT2D eigenvalue weighted by atomic mass is 9.80. The van der Waals surface area contributed by atoms with Crippen molar-refractivity contribution in [1.29, 1.82) is 0 Å². The number of carboxylic acid groups (broad SMARTS) is 1. The summed E-state index contributed by atoms with van der Waals surface area (Å²) in [4.78, 5) is 28.7. The standard InChI is InChI=1S/C31H41FN2O5/c1-3-4-5-6-7-8-9-16-33-28(37)23-19-38-29(34-23)31-24(30(31,2)25-13-14-26(31)39-25)18-21-17-22(32)12-10-20(21)11-15-27(35)36/h10,12,17,19,24-26H,3-9,11,13-16,18H2,1-2H3,(H,33,37)(H,35,36). The number of amides is 1. The molecule has 1 aromatic heterocycles. The van der Waals surface area contributed by atoms with Crippen LogP contribution in [-0.2, 0) is 27.8 Å². The van der Waals surface area contributed by atoms with Crippen molar-refractivity contribution >= 4 is 11.9 Å². The van der Waals surface area contributed by atoms with Crippen LogP contribution in [0.25, 0.3) is 0 Å². The summed E-state index contributed by atoms with van der Waals surface area (Å²) >= 11 is 0. The molecule has 1 aromatic carbocycles. The van der Waals surface area contributed by atoms with E-state index in [4.69, 9.17) is 14.1 Å². The second-order valence-electron chi connectivity index (χ2n) is 11.8. The highest BCUT2D eigenvalue weighted by Gasteiger charge is 2.88. The largest absolute Gasteiger partial charge is 0.481 e. The van der Waals surface area contributed by atoms with Gasteiger partial charge in [-0.1, -0.05) is 58.4 Å². The van der Waals surface area contributed by atoms with E-state index in [0.29, 0.717) is 25.3 Å². The first-order valence-electron chi connectivity index (χ1n) is 14.7. The first-order valence-corrected chi connectivity index (χ1v) is 14.7. The molecule has 1 amide bonds. The third-order valence-electron chi connectivity index (χ3n) is 9.63. The van der Waals surface area contributed by atoms with E-state index in [-0.39, 0.29) is 47.4 Å². The van der Waals surface area contributed by atoms with E-state index in [1.807, 2.05) is 0 Å². The zero-order valence-electron chi connectivity index (χ0n) is 23.1. The molecule has 0 spiro atoms. The number of ether oxygens (including phenoxy) is 1. The Balaban J connectivity index is 1.27. The Labute approximate surface area is 229 Å². The number of benzene rings is 1. The molecule has 2 aliphatic heterocycles. The van der Waals surface area contributed by atoms with Gasteiger partial charge in [0.05, 0.1) is 17.6 Å². The minimum absolute atomic E-state index is 0.00284. The lowest BCUT2D eigenvalue weighted by Crippen LogP contribution is -2.30. The molecule has 39 heavy (non-hydrogen) atoms. The summed E-state index contributed by atoms with van der Waals surface area (Å²) in [6.45, 7) is 5.03. The minimum atomic E-state index is -0.874. The lowest BCUT2D eigenvalue weighted by molar-refractivity contribution is -0.136. The van der Waals surface area contributed by atoms with Gasteiger partial charge in [-0.3, -0.25) is 9.59 Å². The van der Waals surface area contributed by atoms with E-state index < -0.39 is 11.4 Å². The average Bonchev–Trinajstić information content (AvgIpc) is 3.42. The highest BCUT2D eigenvalue weighted by molar-refractivity contribution is 5.91. The van der Waals surface area contributed by atoms with Gasteiger partial charge in [0.25, 0.3) is 5.91 Å². The smallest absolute Gasteiger partial charge is 0.303 e. The number of fused-ring (bicyclic) bond motifs is 5. The van der Waals surface area contributed by atoms with Gasteiger partial charge in [-0.25, -0.2) is 9.37 Å². The van der Waals surface area contributed by atoms with Gasteiger partial charge < -0.3 is 19.6 Å². The van der Waals surface area contributed by atoms with Crippen LogP contribution in [0.3, 0.4) is 0 Å². The van der Waals surface area contributed by atoms with E-state index in [1.165, 1.54) is 50.5 Å². The molecule has 1 aliphatic carbocycles. The van der Waals surface area contributed by atoms with Gasteiger partial charge in [-0.05, 0) is 61.3 Å². The van der Waals surface area contributed by atoms with Gasteiger partial charge in [0.2, 0.25) is 5.89 Å². The van der Waals surface area contributed by atoms with E-state index in [9.17, 15) is 19.1 Å². The van der Waals surface area contributed by atoms with Gasteiger partial charge in [0, 0.05) is 18.4 Å². The summed E-state index contributed by atoms with van der Waals surface area (Å²) < 4.78 is 26.6. The monoisotopic (exact) mass is 540 g/mol. The number of hydrogen-bond donors (Lipinski definition) is 2. The fraction of sp³-hybridized carbons (Fsp3) is 0.645. The SMILES string of the molecule is CCCCCCCCCNC(=O)c1coc(C23C4CCC(O4)C2(C)C3Cc2cc(F)ccc2CCC(=O)O)n1. The van der Waals surface area contributed by atoms with Crippen LogP contribution < -0.4 is 5.32 Å². The second kappa shape index (κ2) is 11.4. The highest BCUT2D eigenvalue weighted by Crippen LogP contribution is 2.81. The van der Waals surface area contributed by atoms with Crippen molar-refractivity contribution in [3.05, 3.63) is 53.0 Å². The molecule has 5 atom stereocenters. The summed E-state index contributed by atoms with van der Waals surface area (Å²) in [6, 6.07) is 4.62. The molecule has 0 radical (unpaired) electrons. The molecule has 5 unspecified atom stereocenters. The Bertz CT molecular complexity index is 1200. The maximum Gasteiger partial charge on any atom is 0.303 e. The number of carbonyl (C=O) groups is 2. The molecule has 3 heterocycles. The van der Waals surface area contributed by atoms with Crippen molar-refractivity contribution in [3.8, 4) is 0 Å². The Morgan fingerprint density at radius 2 is 1.85 bits per heavy atom. The quantitative estimate of drug-likeness (QED) is 0.269. The number of carbonyl (C=O) groups excluding carboxylic acids is 1. The number of halogens is 1. The number of aryl methyl sites for hydroxylation is 1. The van der Waals surface area contributed by atoms with Crippen LogP contribution in [0, 0.1) is 17.2 Å². The fourth-order valence-corrected chi connectivity index (χ4v) is 7.56. The minimum Gasteiger partial charge on any atom is -0.481 e. The van der Waals surface area contributed by atoms with Crippen molar-refractivity contribution in [3.63, 3.8) is 0 Å². The first kappa shape index (κ1) is 27.8. The topological polar surface area (TPSA) is 102 Å². The molecule has 2 N–H and O–H groups in total. The fourth-order valence-electron chi connectivity index (χ4n) is 7.56. The van der Waals surface area contributed by atoms with Crippen LogP contribution in [0.5, 0.6) is 0 Å². The third-order valence-corrected chi connectivity index (χ3v) is 9.63. The number of oxazole rings is 1. The summed E-state index contributed by atoms with van der Waals surface area (Å²) in [7, 11) is 0. The number of nitrogens with zero attached hydrogens (tertiary/aromatic N) is 1. The molecule has 212 valence electrons. The van der Waals surface area contributed by atoms with E-state index in [1.54, 1.807) is 6.07 Å². The number of aromatic nitrogens is 1. The second-order valence-corrected chi connectivity index (χ2v) is 11.8. The van der Waals surface area contributed by atoms with E-state index in [2.05, 4.69) is 19.2 Å². The van der Waals surface area contributed by atoms with Crippen molar-refractivity contribution in [2.75, 3.05) is 6.54 Å². The van der Waals surface area contributed by atoms with Gasteiger partial charge in [-0.15, -0.1) is 0 Å². The van der Waals surface area contributed by atoms with Crippen LogP contribution in [0.15, 0.2) is 28.9 Å². The normalized spacial score (nSPS) is 28.4. The number of carboxylic acids is 1. The zero-order chi connectivity index (χ0) is 27.6. The molecule has 3 aliphatic rings. The maximum absolute atomic E-state index is 14.3. The molecule has 5 rings (SSSR count). The average molecular weight is 541 g/mol. The Kier molecular flexibility index (Phi) is 8.13. The van der Waals surface area contributed by atoms with Crippen LogP contribution in [-0.4, -0.2) is 40.7 Å². The number of nitrogens with one attached hydrogen (secondary N) is 1. The van der Waals surface area contributed by atoms with Gasteiger partial charge >= 0.3 is 5.97 Å². The number of hydrogen-bond acceptors (Lipinski definition) is 5. The molecule has 1 saturated carbocycles. The van der Waals surface area contributed by atoms with Crippen molar-refractivity contribution in [2.45, 2.75) is 109 Å². The predicted octanol–water partition coefficient (Wildman–Crippen LogP) is 5.99. The third kappa shape index (κ3) is 5.01. The van der Waals surface area contributed by atoms with Crippen LogP contribution in [0.2, 0.25) is 0 Å². The Morgan fingerprint density at radius 3 is 2.62 bits per heavy atom. The zero-order valence-corrected chi connectivity index (χ0v) is 23.1. The summed E-state index contributed by atoms with van der Waals surface area (Å²) in [6.07, 6.45) is 12.5. The Morgan fingerprint density at radius 1 is 1.10 bits per heavy atom.